The summed E-state index contributed by atoms with van der Waals surface area (Å²) in [6.45, 7) is 5.54. The van der Waals surface area contributed by atoms with Crippen molar-refractivity contribution in [3.05, 3.63) is 23.8 Å². The molecule has 6 heteroatoms. The Labute approximate surface area is 121 Å². The average Bonchev–Trinajstić information content (AvgIpc) is 2.86. The maximum Gasteiger partial charge on any atom is 0.240 e. The Hall–Kier alpha value is -1.11. The van der Waals surface area contributed by atoms with Gasteiger partial charge in [0.1, 0.15) is 0 Å². The number of nitrogens with two attached hydrogens (primary N) is 1. The van der Waals surface area contributed by atoms with E-state index in [9.17, 15) is 8.42 Å². The summed E-state index contributed by atoms with van der Waals surface area (Å²) in [6, 6.07) is 4.89. The topological polar surface area (TPSA) is 75.4 Å². The highest BCUT2D eigenvalue weighted by molar-refractivity contribution is 7.89. The fourth-order valence-corrected chi connectivity index (χ4v) is 3.74. The standard InChI is InChI=1S/C14H23N3O2S/c1-12-9-13(15)11-14(10-12)20(18,19)16-5-4-8-17-6-2-3-7-17/h9-11,16H,2-8,15H2,1H3. The van der Waals surface area contributed by atoms with Crippen molar-refractivity contribution >= 4 is 15.7 Å². The van der Waals surface area contributed by atoms with E-state index >= 15 is 0 Å². The molecule has 5 nitrogen and oxygen atoms in total. The highest BCUT2D eigenvalue weighted by Crippen LogP contribution is 2.16. The van der Waals surface area contributed by atoms with Gasteiger partial charge in [-0.2, -0.15) is 0 Å². The molecule has 20 heavy (non-hydrogen) atoms. The van der Waals surface area contributed by atoms with Crippen LogP contribution in [0.25, 0.3) is 0 Å². The van der Waals surface area contributed by atoms with Gasteiger partial charge in [-0.25, -0.2) is 13.1 Å². The largest absolute Gasteiger partial charge is 0.399 e. The average molecular weight is 297 g/mol. The quantitative estimate of drug-likeness (QED) is 0.614. The molecule has 1 aromatic rings. The predicted octanol–water partition coefficient (Wildman–Crippen LogP) is 1.34. The number of nitrogens with one attached hydrogen (secondary N) is 1. The van der Waals surface area contributed by atoms with Crippen LogP contribution in [0.1, 0.15) is 24.8 Å². The summed E-state index contributed by atoms with van der Waals surface area (Å²) in [7, 11) is -3.45. The first-order chi connectivity index (χ1) is 9.47. The molecular weight excluding hydrogens is 274 g/mol. The molecule has 1 heterocycles. The molecule has 0 saturated carbocycles. The number of benzene rings is 1. The molecule has 0 spiro atoms. The van der Waals surface area contributed by atoms with Crippen LogP contribution in [0.4, 0.5) is 5.69 Å². The normalized spacial score (nSPS) is 16.6. The van der Waals surface area contributed by atoms with E-state index < -0.39 is 10.0 Å². The molecule has 0 bridgehead atoms. The Morgan fingerprint density at radius 2 is 1.95 bits per heavy atom. The minimum Gasteiger partial charge on any atom is -0.399 e. The van der Waals surface area contributed by atoms with E-state index in [4.69, 9.17) is 5.73 Å². The van der Waals surface area contributed by atoms with Crippen LogP contribution < -0.4 is 10.5 Å². The highest BCUT2D eigenvalue weighted by atomic mass is 32.2. The molecule has 1 aliphatic heterocycles. The zero-order chi connectivity index (χ0) is 14.6. The van der Waals surface area contributed by atoms with Gasteiger partial charge in [-0.15, -0.1) is 0 Å². The summed E-state index contributed by atoms with van der Waals surface area (Å²) in [5.41, 5.74) is 7.02. The lowest BCUT2D eigenvalue weighted by Gasteiger charge is -2.14. The van der Waals surface area contributed by atoms with E-state index in [2.05, 4.69) is 9.62 Å². The van der Waals surface area contributed by atoms with Crippen LogP contribution in [0.3, 0.4) is 0 Å². The third-order valence-corrected chi connectivity index (χ3v) is 4.97. The summed E-state index contributed by atoms with van der Waals surface area (Å²) in [5, 5.41) is 0. The number of nitrogen functional groups attached to an aromatic ring is 1. The molecule has 0 radical (unpaired) electrons. The van der Waals surface area contributed by atoms with Crippen LogP contribution in [-0.2, 0) is 10.0 Å². The Kier molecular flexibility index (Phi) is 5.01. The molecular formula is C14H23N3O2S. The Balaban J connectivity index is 1.86. The highest BCUT2D eigenvalue weighted by Gasteiger charge is 2.15. The fourth-order valence-electron chi connectivity index (χ4n) is 2.53. The summed E-state index contributed by atoms with van der Waals surface area (Å²) >= 11 is 0. The van der Waals surface area contributed by atoms with Crippen LogP contribution in [0.2, 0.25) is 0 Å². The fraction of sp³-hybridized carbons (Fsp3) is 0.571. The lowest BCUT2D eigenvalue weighted by atomic mass is 10.2. The lowest BCUT2D eigenvalue weighted by molar-refractivity contribution is 0.334. The van der Waals surface area contributed by atoms with Crippen LogP contribution >= 0.6 is 0 Å². The second kappa shape index (κ2) is 6.56. The molecule has 2 rings (SSSR count). The minimum atomic E-state index is -3.45. The summed E-state index contributed by atoms with van der Waals surface area (Å²) < 4.78 is 26.9. The predicted molar refractivity (Wildman–Crippen MR) is 81.1 cm³/mol. The number of nitrogens with zero attached hydrogens (tertiary/aromatic N) is 1. The number of sulfonamides is 1. The van der Waals surface area contributed by atoms with Crippen LogP contribution in [-0.4, -0.2) is 39.5 Å². The van der Waals surface area contributed by atoms with Gasteiger partial charge in [-0.3, -0.25) is 0 Å². The first-order valence-corrected chi connectivity index (χ1v) is 8.55. The SMILES string of the molecule is Cc1cc(N)cc(S(=O)(=O)NCCCN2CCCC2)c1. The van der Waals surface area contributed by atoms with E-state index in [1.54, 1.807) is 12.1 Å². The molecule has 0 aliphatic carbocycles. The molecule has 112 valence electrons. The lowest BCUT2D eigenvalue weighted by Crippen LogP contribution is -2.28. The van der Waals surface area contributed by atoms with Gasteiger partial charge >= 0.3 is 0 Å². The first-order valence-electron chi connectivity index (χ1n) is 7.06. The van der Waals surface area contributed by atoms with Crippen molar-refractivity contribution in [2.75, 3.05) is 31.9 Å². The monoisotopic (exact) mass is 297 g/mol. The first kappa shape index (κ1) is 15.3. The number of hydrogen-bond acceptors (Lipinski definition) is 4. The number of rotatable bonds is 6. The number of hydrogen-bond donors (Lipinski definition) is 2. The number of aryl methyl sites for hydroxylation is 1. The zero-order valence-corrected chi connectivity index (χ0v) is 12.7. The van der Waals surface area contributed by atoms with Gasteiger partial charge in [-0.1, -0.05) is 0 Å². The van der Waals surface area contributed by atoms with Crippen molar-refractivity contribution in [1.29, 1.82) is 0 Å². The van der Waals surface area contributed by atoms with Gasteiger partial charge in [0.05, 0.1) is 4.90 Å². The second-order valence-electron chi connectivity index (χ2n) is 5.38. The van der Waals surface area contributed by atoms with Crippen molar-refractivity contribution in [2.24, 2.45) is 0 Å². The maximum atomic E-state index is 12.2. The van der Waals surface area contributed by atoms with E-state index in [0.717, 1.165) is 31.6 Å². The van der Waals surface area contributed by atoms with Crippen LogP contribution in [0.5, 0.6) is 0 Å². The Morgan fingerprint density at radius 3 is 2.60 bits per heavy atom. The zero-order valence-electron chi connectivity index (χ0n) is 11.9. The summed E-state index contributed by atoms with van der Waals surface area (Å²) in [6.07, 6.45) is 3.35. The van der Waals surface area contributed by atoms with Crippen LogP contribution in [0, 0.1) is 6.92 Å². The maximum absolute atomic E-state index is 12.2. The van der Waals surface area contributed by atoms with Gasteiger partial charge in [-0.05, 0) is 69.6 Å². The van der Waals surface area contributed by atoms with Crippen molar-refractivity contribution in [2.45, 2.75) is 31.1 Å². The molecule has 1 aliphatic rings. The summed E-state index contributed by atoms with van der Waals surface area (Å²) in [4.78, 5) is 2.62. The molecule has 0 unspecified atom stereocenters. The Bertz CT molecular complexity index is 531. The van der Waals surface area contributed by atoms with E-state index in [-0.39, 0.29) is 4.90 Å². The van der Waals surface area contributed by atoms with Gasteiger partial charge in [0.15, 0.2) is 0 Å². The molecule has 1 saturated heterocycles. The van der Waals surface area contributed by atoms with Gasteiger partial charge in [0.2, 0.25) is 10.0 Å². The van der Waals surface area contributed by atoms with Crippen molar-refractivity contribution in [3.8, 4) is 0 Å². The van der Waals surface area contributed by atoms with E-state index in [0.29, 0.717) is 12.2 Å². The van der Waals surface area contributed by atoms with Crippen molar-refractivity contribution in [3.63, 3.8) is 0 Å². The van der Waals surface area contributed by atoms with Gasteiger partial charge in [0.25, 0.3) is 0 Å². The third kappa shape index (κ3) is 4.19. The van der Waals surface area contributed by atoms with Gasteiger partial charge < -0.3 is 10.6 Å². The second-order valence-corrected chi connectivity index (χ2v) is 7.15. The molecule has 0 atom stereocenters. The van der Waals surface area contributed by atoms with Gasteiger partial charge in [0, 0.05) is 12.2 Å². The van der Waals surface area contributed by atoms with Crippen molar-refractivity contribution in [1.82, 2.24) is 9.62 Å². The van der Waals surface area contributed by atoms with Crippen molar-refractivity contribution < 1.29 is 8.42 Å². The molecule has 1 fully saturated rings. The molecule has 0 amide bonds. The third-order valence-electron chi connectivity index (χ3n) is 3.53. The van der Waals surface area contributed by atoms with E-state index in [1.165, 1.54) is 18.9 Å². The van der Waals surface area contributed by atoms with E-state index in [1.807, 2.05) is 6.92 Å². The molecule has 1 aromatic carbocycles. The Morgan fingerprint density at radius 1 is 1.25 bits per heavy atom. The number of likely N-dealkylation sites (tertiary alicyclic amines) is 1. The van der Waals surface area contributed by atoms with Crippen LogP contribution in [0.15, 0.2) is 23.1 Å². The smallest absolute Gasteiger partial charge is 0.240 e. The number of anilines is 1. The summed E-state index contributed by atoms with van der Waals surface area (Å²) in [5.74, 6) is 0. The minimum absolute atomic E-state index is 0.246. The molecule has 0 aromatic heterocycles. The molecule has 3 N–H and O–H groups in total.